The first-order valence-corrected chi connectivity index (χ1v) is 13.4. The minimum atomic E-state index is -0.516. The van der Waals surface area contributed by atoms with Crippen LogP contribution in [0.2, 0.25) is 0 Å². The summed E-state index contributed by atoms with van der Waals surface area (Å²) >= 11 is 0. The molecule has 2 aliphatic rings. The summed E-state index contributed by atoms with van der Waals surface area (Å²) in [5, 5.41) is 0. The standard InChI is InChI=1S/C30H41N3O4/c1-22(2)21-36-27-12-10-23(11-13-27)18-32-19-24-8-6-7-9-25(24)20-33(28(32)34)26-14-16-31(17-15-26)29(35)37-30(3,4)5/h6-13,22,26H,14-21H2,1-5H3. The summed E-state index contributed by atoms with van der Waals surface area (Å²) in [7, 11) is 0. The maximum atomic E-state index is 13.9. The van der Waals surface area contributed by atoms with E-state index in [-0.39, 0.29) is 18.2 Å². The third-order valence-electron chi connectivity index (χ3n) is 6.77. The number of amides is 3. The van der Waals surface area contributed by atoms with Gasteiger partial charge in [-0.3, -0.25) is 0 Å². The number of piperidine rings is 1. The molecule has 1 saturated heterocycles. The number of fused-ring (bicyclic) bond motifs is 1. The van der Waals surface area contributed by atoms with Crippen LogP contribution in [0.15, 0.2) is 48.5 Å². The Morgan fingerprint density at radius 1 is 0.973 bits per heavy atom. The molecule has 2 aliphatic heterocycles. The Labute approximate surface area is 221 Å². The Morgan fingerprint density at radius 3 is 2.19 bits per heavy atom. The van der Waals surface area contributed by atoms with Gasteiger partial charge < -0.3 is 24.2 Å². The second kappa shape index (κ2) is 11.4. The van der Waals surface area contributed by atoms with Gasteiger partial charge in [-0.1, -0.05) is 50.2 Å². The van der Waals surface area contributed by atoms with Gasteiger partial charge in [0.15, 0.2) is 0 Å². The fourth-order valence-electron chi connectivity index (χ4n) is 4.84. The maximum Gasteiger partial charge on any atom is 0.410 e. The molecule has 2 aromatic rings. The van der Waals surface area contributed by atoms with Crippen molar-refractivity contribution >= 4 is 12.1 Å². The van der Waals surface area contributed by atoms with Gasteiger partial charge in [-0.05, 0) is 68.4 Å². The van der Waals surface area contributed by atoms with Crippen LogP contribution >= 0.6 is 0 Å². The molecule has 0 bridgehead atoms. The average molecular weight is 508 g/mol. The van der Waals surface area contributed by atoms with Crippen LogP contribution in [-0.4, -0.2) is 58.2 Å². The molecule has 0 unspecified atom stereocenters. The summed E-state index contributed by atoms with van der Waals surface area (Å²) in [5.74, 6) is 1.32. The van der Waals surface area contributed by atoms with Crippen molar-refractivity contribution in [2.45, 2.75) is 78.7 Å². The second-order valence-electron chi connectivity index (χ2n) is 11.6. The number of nitrogens with zero attached hydrogens (tertiary/aromatic N) is 3. The summed E-state index contributed by atoms with van der Waals surface area (Å²) in [4.78, 5) is 32.1. The highest BCUT2D eigenvalue weighted by atomic mass is 16.6. The lowest BCUT2D eigenvalue weighted by molar-refractivity contribution is 0.0153. The van der Waals surface area contributed by atoms with Crippen molar-refractivity contribution in [3.63, 3.8) is 0 Å². The Kier molecular flexibility index (Phi) is 8.30. The van der Waals surface area contributed by atoms with Crippen LogP contribution in [0, 0.1) is 5.92 Å². The lowest BCUT2D eigenvalue weighted by atomic mass is 10.0. The van der Waals surface area contributed by atoms with Crippen LogP contribution in [0.3, 0.4) is 0 Å². The van der Waals surface area contributed by atoms with E-state index in [0.717, 1.165) is 24.2 Å². The van der Waals surface area contributed by atoms with Crippen LogP contribution in [0.5, 0.6) is 5.75 Å². The molecule has 4 rings (SSSR count). The number of hydrogen-bond donors (Lipinski definition) is 0. The van der Waals surface area contributed by atoms with E-state index in [9.17, 15) is 9.59 Å². The van der Waals surface area contributed by atoms with E-state index in [1.54, 1.807) is 4.90 Å². The molecule has 0 atom stereocenters. The van der Waals surface area contributed by atoms with Gasteiger partial charge in [0.05, 0.1) is 6.61 Å². The van der Waals surface area contributed by atoms with E-state index in [1.165, 1.54) is 11.1 Å². The summed E-state index contributed by atoms with van der Waals surface area (Å²) < 4.78 is 11.4. The number of carbonyl (C=O) groups excluding carboxylic acids is 2. The van der Waals surface area contributed by atoms with Gasteiger partial charge >= 0.3 is 12.1 Å². The molecule has 0 aromatic heterocycles. The SMILES string of the molecule is CC(C)COc1ccc(CN2Cc3ccccc3CN(C3CCN(C(=O)OC(C)(C)C)CC3)C2=O)cc1. The quantitative estimate of drug-likeness (QED) is 0.477. The van der Waals surface area contributed by atoms with Gasteiger partial charge in [-0.2, -0.15) is 0 Å². The first-order chi connectivity index (χ1) is 17.6. The monoisotopic (exact) mass is 507 g/mol. The van der Waals surface area contributed by atoms with Crippen molar-refractivity contribution in [1.82, 2.24) is 14.7 Å². The van der Waals surface area contributed by atoms with Gasteiger partial charge in [0.2, 0.25) is 0 Å². The smallest absolute Gasteiger partial charge is 0.410 e. The van der Waals surface area contributed by atoms with Gasteiger partial charge in [0.1, 0.15) is 11.4 Å². The molecule has 0 saturated carbocycles. The number of ether oxygens (including phenoxy) is 2. The van der Waals surface area contributed by atoms with Crippen molar-refractivity contribution in [2.75, 3.05) is 19.7 Å². The van der Waals surface area contributed by atoms with Crippen LogP contribution in [-0.2, 0) is 24.4 Å². The fourth-order valence-corrected chi connectivity index (χ4v) is 4.84. The summed E-state index contributed by atoms with van der Waals surface area (Å²) in [5.41, 5.74) is 2.92. The summed E-state index contributed by atoms with van der Waals surface area (Å²) in [6.45, 7) is 13.5. The molecule has 2 heterocycles. The molecule has 37 heavy (non-hydrogen) atoms. The molecule has 3 amide bonds. The third-order valence-corrected chi connectivity index (χ3v) is 6.77. The molecule has 0 spiro atoms. The van der Waals surface area contributed by atoms with E-state index < -0.39 is 5.60 Å². The zero-order valence-electron chi connectivity index (χ0n) is 22.9. The van der Waals surface area contributed by atoms with E-state index in [4.69, 9.17) is 9.47 Å². The van der Waals surface area contributed by atoms with E-state index in [1.807, 2.05) is 67.0 Å². The number of carbonyl (C=O) groups is 2. The lowest BCUT2D eigenvalue weighted by Gasteiger charge is -2.39. The van der Waals surface area contributed by atoms with Crippen molar-refractivity contribution < 1.29 is 19.1 Å². The number of benzene rings is 2. The van der Waals surface area contributed by atoms with Crippen LogP contribution in [0.25, 0.3) is 0 Å². The molecule has 0 radical (unpaired) electrons. The predicted molar refractivity (Wildman–Crippen MR) is 144 cm³/mol. The largest absolute Gasteiger partial charge is 0.493 e. The molecule has 200 valence electrons. The molecule has 2 aromatic carbocycles. The fraction of sp³-hybridized carbons (Fsp3) is 0.533. The highest BCUT2D eigenvalue weighted by Gasteiger charge is 2.35. The Balaban J connectivity index is 1.46. The molecule has 7 heteroatoms. The first-order valence-electron chi connectivity index (χ1n) is 13.4. The molecule has 7 nitrogen and oxygen atoms in total. The molecular formula is C30H41N3O4. The van der Waals surface area contributed by atoms with Gasteiger partial charge in [-0.15, -0.1) is 0 Å². The van der Waals surface area contributed by atoms with Gasteiger partial charge in [0, 0.05) is 38.8 Å². The van der Waals surface area contributed by atoms with Crippen molar-refractivity contribution in [1.29, 1.82) is 0 Å². The minimum absolute atomic E-state index is 0.0482. The number of rotatable bonds is 6. The van der Waals surface area contributed by atoms with E-state index in [0.29, 0.717) is 45.2 Å². The van der Waals surface area contributed by atoms with Crippen LogP contribution < -0.4 is 4.74 Å². The molecule has 1 fully saturated rings. The first kappa shape index (κ1) is 26.8. The van der Waals surface area contributed by atoms with Crippen molar-refractivity contribution in [2.24, 2.45) is 5.92 Å². The van der Waals surface area contributed by atoms with Gasteiger partial charge in [0.25, 0.3) is 0 Å². The number of urea groups is 1. The minimum Gasteiger partial charge on any atom is -0.493 e. The van der Waals surface area contributed by atoms with E-state index >= 15 is 0 Å². The zero-order chi connectivity index (χ0) is 26.6. The highest BCUT2D eigenvalue weighted by Crippen LogP contribution is 2.28. The molecule has 0 aliphatic carbocycles. The predicted octanol–water partition coefficient (Wildman–Crippen LogP) is 6.06. The Morgan fingerprint density at radius 2 is 1.59 bits per heavy atom. The normalized spacial score (nSPS) is 17.0. The summed E-state index contributed by atoms with van der Waals surface area (Å²) in [6, 6.07) is 16.5. The Bertz CT molecular complexity index is 1070. The van der Waals surface area contributed by atoms with Gasteiger partial charge in [-0.25, -0.2) is 9.59 Å². The van der Waals surface area contributed by atoms with E-state index in [2.05, 4.69) is 26.0 Å². The average Bonchev–Trinajstić information content (AvgIpc) is 2.99. The Hall–Kier alpha value is -3.22. The zero-order valence-corrected chi connectivity index (χ0v) is 22.9. The van der Waals surface area contributed by atoms with Crippen LogP contribution in [0.1, 0.15) is 64.2 Å². The van der Waals surface area contributed by atoms with Crippen molar-refractivity contribution in [3.05, 3.63) is 65.2 Å². The molecular weight excluding hydrogens is 466 g/mol. The second-order valence-corrected chi connectivity index (χ2v) is 11.6. The maximum absolute atomic E-state index is 13.9. The topological polar surface area (TPSA) is 62.3 Å². The number of likely N-dealkylation sites (tertiary alicyclic amines) is 1. The van der Waals surface area contributed by atoms with Crippen LogP contribution in [0.4, 0.5) is 9.59 Å². The molecule has 0 N–H and O–H groups in total. The highest BCUT2D eigenvalue weighted by molar-refractivity contribution is 5.76. The van der Waals surface area contributed by atoms with Crippen molar-refractivity contribution in [3.8, 4) is 5.75 Å². The lowest BCUT2D eigenvalue weighted by Crippen LogP contribution is -2.51. The third kappa shape index (κ3) is 7.18. The summed E-state index contributed by atoms with van der Waals surface area (Å²) in [6.07, 6.45) is 1.20. The number of hydrogen-bond acceptors (Lipinski definition) is 4.